The maximum absolute atomic E-state index is 11.9. The fourth-order valence-corrected chi connectivity index (χ4v) is 1.85. The molecule has 2 rings (SSSR count). The molecule has 0 heterocycles. The number of hydrogen-bond donors (Lipinski definition) is 0. The first-order valence-electron chi connectivity index (χ1n) is 7.27. The van der Waals surface area contributed by atoms with E-state index in [1.807, 2.05) is 37.3 Å². The van der Waals surface area contributed by atoms with Crippen molar-refractivity contribution in [3.63, 3.8) is 0 Å². The summed E-state index contributed by atoms with van der Waals surface area (Å²) < 4.78 is 10.5. The van der Waals surface area contributed by atoms with Crippen LogP contribution in [-0.2, 0) is 9.53 Å². The van der Waals surface area contributed by atoms with Crippen LogP contribution in [0.2, 0.25) is 0 Å². The van der Waals surface area contributed by atoms with E-state index in [0.717, 1.165) is 6.42 Å². The first-order chi connectivity index (χ1) is 10.7. The van der Waals surface area contributed by atoms with E-state index in [1.54, 1.807) is 24.3 Å². The quantitative estimate of drug-likeness (QED) is 0.587. The largest absolute Gasteiger partial charge is 0.457 e. The molecule has 0 atom stereocenters. The maximum Gasteiger partial charge on any atom is 0.345 e. The van der Waals surface area contributed by atoms with Gasteiger partial charge in [0.1, 0.15) is 11.5 Å². The molecule has 0 aliphatic heterocycles. The highest BCUT2D eigenvalue weighted by Crippen LogP contribution is 2.22. The van der Waals surface area contributed by atoms with Crippen LogP contribution in [-0.4, -0.2) is 11.9 Å². The van der Waals surface area contributed by atoms with Gasteiger partial charge in [-0.3, -0.25) is 4.79 Å². The summed E-state index contributed by atoms with van der Waals surface area (Å²) in [5.41, 5.74) is 0.290. The molecule has 4 heteroatoms. The third-order valence-electron chi connectivity index (χ3n) is 2.99. The molecule has 0 aromatic heterocycles. The number of carbonyl (C=O) groups excluding carboxylic acids is 2. The van der Waals surface area contributed by atoms with Gasteiger partial charge in [0.2, 0.25) is 0 Å². The second-order valence-electron chi connectivity index (χ2n) is 4.81. The van der Waals surface area contributed by atoms with Gasteiger partial charge in [0.25, 0.3) is 0 Å². The molecule has 22 heavy (non-hydrogen) atoms. The number of ether oxygens (including phenoxy) is 2. The maximum atomic E-state index is 11.9. The fourth-order valence-electron chi connectivity index (χ4n) is 1.85. The summed E-state index contributed by atoms with van der Waals surface area (Å²) in [6, 6.07) is 15.8. The van der Waals surface area contributed by atoms with Crippen LogP contribution in [0.5, 0.6) is 11.5 Å². The smallest absolute Gasteiger partial charge is 0.345 e. The molecule has 114 valence electrons. The van der Waals surface area contributed by atoms with Crippen molar-refractivity contribution in [2.45, 2.75) is 26.2 Å². The van der Waals surface area contributed by atoms with E-state index in [0.29, 0.717) is 23.5 Å². The van der Waals surface area contributed by atoms with E-state index in [2.05, 4.69) is 0 Å². The van der Waals surface area contributed by atoms with Crippen molar-refractivity contribution < 1.29 is 19.1 Å². The van der Waals surface area contributed by atoms with Crippen molar-refractivity contribution in [1.29, 1.82) is 0 Å². The van der Waals surface area contributed by atoms with Crippen LogP contribution >= 0.6 is 0 Å². The van der Waals surface area contributed by atoms with Gasteiger partial charge >= 0.3 is 11.9 Å². The molecule has 4 nitrogen and oxygen atoms in total. The standard InChI is InChI=1S/C18H18O4/c1-2-3-12-17(19)22-18(20)14-8-7-11-16(13-14)21-15-9-5-4-6-10-15/h4-11,13H,2-3,12H2,1H3. The summed E-state index contributed by atoms with van der Waals surface area (Å²) in [6.07, 6.45) is 1.84. The molecule has 0 aliphatic rings. The summed E-state index contributed by atoms with van der Waals surface area (Å²) in [7, 11) is 0. The van der Waals surface area contributed by atoms with Crippen molar-refractivity contribution in [3.05, 3.63) is 60.2 Å². The Bertz CT molecular complexity index is 635. The van der Waals surface area contributed by atoms with E-state index in [4.69, 9.17) is 9.47 Å². The zero-order valence-electron chi connectivity index (χ0n) is 12.5. The molecule has 0 fully saturated rings. The van der Waals surface area contributed by atoms with Crippen molar-refractivity contribution in [2.75, 3.05) is 0 Å². The summed E-state index contributed by atoms with van der Waals surface area (Å²) in [5.74, 6) is 0.0366. The number of unbranched alkanes of at least 4 members (excludes halogenated alkanes) is 1. The Morgan fingerprint density at radius 1 is 0.955 bits per heavy atom. The van der Waals surface area contributed by atoms with Gasteiger partial charge < -0.3 is 9.47 Å². The van der Waals surface area contributed by atoms with Gasteiger partial charge in [-0.25, -0.2) is 4.79 Å². The molecule has 0 aliphatic carbocycles. The van der Waals surface area contributed by atoms with Crippen LogP contribution in [0.3, 0.4) is 0 Å². The SMILES string of the molecule is CCCCC(=O)OC(=O)c1cccc(Oc2ccccc2)c1. The molecule has 0 bridgehead atoms. The number of benzene rings is 2. The van der Waals surface area contributed by atoms with Gasteiger partial charge in [0.15, 0.2) is 0 Å². The molecule has 2 aromatic carbocycles. The monoisotopic (exact) mass is 298 g/mol. The highest BCUT2D eigenvalue weighted by Gasteiger charge is 2.13. The molecule has 0 spiro atoms. The lowest BCUT2D eigenvalue weighted by atomic mass is 10.2. The summed E-state index contributed by atoms with van der Waals surface area (Å²) in [4.78, 5) is 23.4. The van der Waals surface area contributed by atoms with E-state index in [-0.39, 0.29) is 6.42 Å². The van der Waals surface area contributed by atoms with Crippen LogP contribution in [0.25, 0.3) is 0 Å². The van der Waals surface area contributed by atoms with Crippen molar-refractivity contribution in [1.82, 2.24) is 0 Å². The first-order valence-corrected chi connectivity index (χ1v) is 7.27. The molecular weight excluding hydrogens is 280 g/mol. The topological polar surface area (TPSA) is 52.6 Å². The Balaban J connectivity index is 2.01. The average molecular weight is 298 g/mol. The molecule has 0 radical (unpaired) electrons. The van der Waals surface area contributed by atoms with E-state index in [9.17, 15) is 9.59 Å². The molecule has 0 amide bonds. The minimum absolute atomic E-state index is 0.252. The molecule has 2 aromatic rings. The Hall–Kier alpha value is -2.62. The van der Waals surface area contributed by atoms with Crippen LogP contribution in [0, 0.1) is 0 Å². The summed E-state index contributed by atoms with van der Waals surface area (Å²) in [6.45, 7) is 1.97. The predicted molar refractivity (Wildman–Crippen MR) is 82.9 cm³/mol. The normalized spacial score (nSPS) is 10.0. The third kappa shape index (κ3) is 4.74. The zero-order valence-corrected chi connectivity index (χ0v) is 12.5. The Kier molecular flexibility index (Phi) is 5.72. The van der Waals surface area contributed by atoms with Crippen molar-refractivity contribution in [2.24, 2.45) is 0 Å². The average Bonchev–Trinajstić information content (AvgIpc) is 2.54. The lowest BCUT2D eigenvalue weighted by molar-refractivity contribution is -0.138. The van der Waals surface area contributed by atoms with Crippen LogP contribution in [0.15, 0.2) is 54.6 Å². The lowest BCUT2D eigenvalue weighted by Crippen LogP contribution is -2.12. The highest BCUT2D eigenvalue weighted by atomic mass is 16.6. The van der Waals surface area contributed by atoms with Crippen LogP contribution < -0.4 is 4.74 Å². The molecule has 0 saturated carbocycles. The van der Waals surface area contributed by atoms with E-state index in [1.165, 1.54) is 0 Å². The second kappa shape index (κ2) is 7.98. The highest BCUT2D eigenvalue weighted by molar-refractivity contribution is 5.97. The first kappa shape index (κ1) is 15.8. The van der Waals surface area contributed by atoms with Crippen molar-refractivity contribution >= 4 is 11.9 Å². The van der Waals surface area contributed by atoms with Crippen LogP contribution in [0.4, 0.5) is 0 Å². The Morgan fingerprint density at radius 3 is 2.41 bits per heavy atom. The minimum Gasteiger partial charge on any atom is -0.457 e. The molecule has 0 N–H and O–H groups in total. The number of carbonyl (C=O) groups is 2. The van der Waals surface area contributed by atoms with Crippen molar-refractivity contribution in [3.8, 4) is 11.5 Å². The number of rotatable bonds is 6. The number of hydrogen-bond acceptors (Lipinski definition) is 4. The minimum atomic E-state index is -0.653. The van der Waals surface area contributed by atoms with Gasteiger partial charge in [-0.05, 0) is 36.8 Å². The Morgan fingerprint density at radius 2 is 1.68 bits per heavy atom. The lowest BCUT2D eigenvalue weighted by Gasteiger charge is -2.07. The van der Waals surface area contributed by atoms with Gasteiger partial charge in [0, 0.05) is 6.42 Å². The molecule has 0 unspecified atom stereocenters. The fraction of sp³-hybridized carbons (Fsp3) is 0.222. The van der Waals surface area contributed by atoms with E-state index >= 15 is 0 Å². The van der Waals surface area contributed by atoms with Gasteiger partial charge in [0.05, 0.1) is 5.56 Å². The summed E-state index contributed by atoms with van der Waals surface area (Å²) >= 11 is 0. The zero-order chi connectivity index (χ0) is 15.8. The van der Waals surface area contributed by atoms with Gasteiger partial charge in [-0.1, -0.05) is 37.6 Å². The third-order valence-corrected chi connectivity index (χ3v) is 2.99. The predicted octanol–water partition coefficient (Wildman–Crippen LogP) is 4.35. The Labute approximate surface area is 129 Å². The van der Waals surface area contributed by atoms with Gasteiger partial charge in [-0.2, -0.15) is 0 Å². The molecular formula is C18H18O4. The number of para-hydroxylation sites is 1. The molecule has 0 saturated heterocycles. The summed E-state index contributed by atoms with van der Waals surface area (Å²) in [5, 5.41) is 0. The second-order valence-corrected chi connectivity index (χ2v) is 4.81. The number of esters is 2. The van der Waals surface area contributed by atoms with Gasteiger partial charge in [-0.15, -0.1) is 0 Å². The van der Waals surface area contributed by atoms with Crippen LogP contribution in [0.1, 0.15) is 36.5 Å². The van der Waals surface area contributed by atoms with E-state index < -0.39 is 11.9 Å².